The standard InChI is InChI=1S/C21H18N2OS.BrH/c1-13-3-5-14(6-4-13)9-15-10-19-21(12-18(15)22-2)25-20-11-16(24)7-8-17(20)23-19;/h3-8,10-12,22H,9H2,1-2H3;1H. The summed E-state index contributed by atoms with van der Waals surface area (Å²) in [6, 6.07) is 18.2. The SMILES string of the molecule is CNc1cc2sc3cc(=O)ccc-3[nH+]c2cc1Cc1ccc(C)cc1.[Br-]. The minimum atomic E-state index is 0. The number of nitrogens with one attached hydrogen (secondary N) is 2. The van der Waals surface area contributed by atoms with Gasteiger partial charge in [0.05, 0.1) is 0 Å². The van der Waals surface area contributed by atoms with Crippen LogP contribution in [0.4, 0.5) is 5.69 Å². The Morgan fingerprint density at radius 1 is 1.04 bits per heavy atom. The minimum Gasteiger partial charge on any atom is -1.00 e. The number of benzene rings is 3. The van der Waals surface area contributed by atoms with Crippen molar-refractivity contribution >= 4 is 27.2 Å². The van der Waals surface area contributed by atoms with Crippen LogP contribution in [-0.2, 0) is 6.42 Å². The lowest BCUT2D eigenvalue weighted by Gasteiger charge is -2.10. The topological polar surface area (TPSA) is 43.2 Å². The number of halogens is 1. The van der Waals surface area contributed by atoms with Gasteiger partial charge in [0.15, 0.2) is 5.43 Å². The summed E-state index contributed by atoms with van der Waals surface area (Å²) in [5.74, 6) is 0. The van der Waals surface area contributed by atoms with E-state index >= 15 is 0 Å². The quantitative estimate of drug-likeness (QED) is 0.499. The number of anilines is 1. The van der Waals surface area contributed by atoms with Gasteiger partial charge in [-0.1, -0.05) is 29.8 Å². The summed E-state index contributed by atoms with van der Waals surface area (Å²) in [6.45, 7) is 2.10. The van der Waals surface area contributed by atoms with Gasteiger partial charge in [-0.3, -0.25) is 4.79 Å². The molecule has 0 spiro atoms. The molecule has 5 heteroatoms. The molecule has 0 unspecified atom stereocenters. The van der Waals surface area contributed by atoms with Crippen molar-refractivity contribution in [1.29, 1.82) is 0 Å². The van der Waals surface area contributed by atoms with E-state index in [1.165, 1.54) is 16.7 Å². The summed E-state index contributed by atoms with van der Waals surface area (Å²) >= 11 is 1.64. The number of rotatable bonds is 3. The predicted molar refractivity (Wildman–Crippen MR) is 105 cm³/mol. The summed E-state index contributed by atoms with van der Waals surface area (Å²) in [5.41, 5.74) is 7.07. The van der Waals surface area contributed by atoms with E-state index in [9.17, 15) is 4.79 Å². The lowest BCUT2D eigenvalue weighted by Crippen LogP contribution is -3.00. The first-order valence-corrected chi connectivity index (χ1v) is 9.10. The summed E-state index contributed by atoms with van der Waals surface area (Å²) in [7, 11) is 1.95. The fourth-order valence-corrected chi connectivity index (χ4v) is 4.10. The molecule has 2 N–H and O–H groups in total. The fourth-order valence-electron chi connectivity index (χ4n) is 3.07. The number of hydrogen-bond donors (Lipinski definition) is 1. The Morgan fingerprint density at radius 2 is 1.81 bits per heavy atom. The molecule has 0 saturated heterocycles. The zero-order valence-electron chi connectivity index (χ0n) is 14.6. The van der Waals surface area contributed by atoms with Gasteiger partial charge in [0.2, 0.25) is 11.2 Å². The zero-order valence-corrected chi connectivity index (χ0v) is 17.0. The molecule has 4 rings (SSSR count). The zero-order chi connectivity index (χ0) is 17.4. The van der Waals surface area contributed by atoms with Crippen molar-refractivity contribution in [2.75, 3.05) is 12.4 Å². The molecule has 3 nitrogen and oxygen atoms in total. The van der Waals surface area contributed by atoms with Gasteiger partial charge in [-0.25, -0.2) is 4.98 Å². The predicted octanol–water partition coefficient (Wildman–Crippen LogP) is 1.13. The van der Waals surface area contributed by atoms with Crippen molar-refractivity contribution < 1.29 is 22.0 Å². The molecule has 2 aromatic carbocycles. The molecule has 0 saturated carbocycles. The minimum absolute atomic E-state index is 0. The summed E-state index contributed by atoms with van der Waals surface area (Å²) < 4.78 is 1.13. The van der Waals surface area contributed by atoms with E-state index in [0.29, 0.717) is 0 Å². The van der Waals surface area contributed by atoms with Crippen LogP contribution in [-0.4, -0.2) is 7.05 Å². The normalized spacial score (nSPS) is 10.7. The molecule has 0 radical (unpaired) electrons. The molecule has 26 heavy (non-hydrogen) atoms. The molecular weight excluding hydrogens is 408 g/mol. The first-order chi connectivity index (χ1) is 12.1. The molecule has 1 heterocycles. The second-order valence-corrected chi connectivity index (χ2v) is 7.39. The third kappa shape index (κ3) is 3.64. The maximum absolute atomic E-state index is 11.6. The van der Waals surface area contributed by atoms with Gasteiger partial charge in [-0.05, 0) is 36.6 Å². The van der Waals surface area contributed by atoms with Crippen molar-refractivity contribution in [2.24, 2.45) is 0 Å². The smallest absolute Gasteiger partial charge is 0.221 e. The summed E-state index contributed by atoms with van der Waals surface area (Å²) in [5, 5.41) is 3.31. The van der Waals surface area contributed by atoms with E-state index < -0.39 is 0 Å². The van der Waals surface area contributed by atoms with Crippen LogP contribution in [0.2, 0.25) is 0 Å². The van der Waals surface area contributed by atoms with Crippen molar-refractivity contribution in [1.82, 2.24) is 0 Å². The second-order valence-electron chi connectivity index (χ2n) is 6.30. The Labute approximate surface area is 166 Å². The fraction of sp³-hybridized carbons (Fsp3) is 0.143. The Balaban J connectivity index is 0.00000196. The van der Waals surface area contributed by atoms with Crippen molar-refractivity contribution in [3.63, 3.8) is 0 Å². The Kier molecular flexibility index (Phi) is 5.39. The van der Waals surface area contributed by atoms with Gasteiger partial charge in [0.1, 0.15) is 9.58 Å². The molecule has 1 aliphatic carbocycles. The molecule has 2 aromatic rings. The highest BCUT2D eigenvalue weighted by atomic mass is 79.9. The Morgan fingerprint density at radius 3 is 2.54 bits per heavy atom. The van der Waals surface area contributed by atoms with E-state index in [0.717, 1.165) is 32.9 Å². The van der Waals surface area contributed by atoms with Gasteiger partial charge in [0, 0.05) is 30.9 Å². The second kappa shape index (κ2) is 7.56. The molecular formula is C21H19BrN2OS. The molecule has 1 aliphatic heterocycles. The van der Waals surface area contributed by atoms with Crippen LogP contribution < -0.4 is 32.7 Å². The highest BCUT2D eigenvalue weighted by molar-refractivity contribution is 7.21. The van der Waals surface area contributed by atoms with Crippen LogP contribution in [0, 0.1) is 6.92 Å². The number of fused-ring (bicyclic) bond motifs is 2. The lowest BCUT2D eigenvalue weighted by atomic mass is 10.0. The van der Waals surface area contributed by atoms with E-state index in [2.05, 4.69) is 53.6 Å². The maximum Gasteiger partial charge on any atom is 0.221 e. The number of aromatic amines is 1. The van der Waals surface area contributed by atoms with Crippen LogP contribution in [0.3, 0.4) is 0 Å². The van der Waals surface area contributed by atoms with Crippen molar-refractivity contribution in [3.05, 3.63) is 81.5 Å². The largest absolute Gasteiger partial charge is 1.00 e. The monoisotopic (exact) mass is 426 g/mol. The van der Waals surface area contributed by atoms with Gasteiger partial charge in [-0.2, -0.15) is 0 Å². The van der Waals surface area contributed by atoms with Gasteiger partial charge >= 0.3 is 0 Å². The van der Waals surface area contributed by atoms with E-state index in [1.807, 2.05) is 13.1 Å². The number of H-pyrrole nitrogens is 1. The molecule has 132 valence electrons. The molecule has 0 atom stereocenters. The van der Waals surface area contributed by atoms with Crippen LogP contribution in [0.15, 0.2) is 59.4 Å². The van der Waals surface area contributed by atoms with E-state index in [-0.39, 0.29) is 22.4 Å². The first-order valence-electron chi connectivity index (χ1n) is 8.28. The molecule has 0 bridgehead atoms. The van der Waals surface area contributed by atoms with Crippen LogP contribution in [0.5, 0.6) is 0 Å². The van der Waals surface area contributed by atoms with Crippen molar-refractivity contribution in [2.45, 2.75) is 13.3 Å². The Hall–Kier alpha value is -2.24. The molecule has 0 aromatic heterocycles. The van der Waals surface area contributed by atoms with Crippen molar-refractivity contribution in [3.8, 4) is 10.6 Å². The Bertz CT molecular complexity index is 1090. The maximum atomic E-state index is 11.6. The number of aryl methyl sites for hydroxylation is 1. The summed E-state index contributed by atoms with van der Waals surface area (Å²) in [6.07, 6.45) is 0.877. The third-order valence-corrected chi connectivity index (χ3v) is 5.55. The number of hydrogen-bond acceptors (Lipinski definition) is 3. The lowest BCUT2D eigenvalue weighted by molar-refractivity contribution is -0.330. The average molecular weight is 427 g/mol. The van der Waals surface area contributed by atoms with Crippen LogP contribution >= 0.6 is 11.3 Å². The molecule has 0 amide bonds. The van der Waals surface area contributed by atoms with E-state index in [1.54, 1.807) is 23.5 Å². The van der Waals surface area contributed by atoms with Gasteiger partial charge in [-0.15, -0.1) is 11.3 Å². The van der Waals surface area contributed by atoms with Crippen LogP contribution in [0.25, 0.3) is 20.8 Å². The van der Waals surface area contributed by atoms with E-state index in [4.69, 9.17) is 0 Å². The first kappa shape index (κ1) is 18.5. The third-order valence-electron chi connectivity index (χ3n) is 4.43. The number of aromatic nitrogens is 1. The van der Waals surface area contributed by atoms with Gasteiger partial charge < -0.3 is 22.3 Å². The molecule has 0 fully saturated rings. The molecule has 2 aliphatic rings. The summed E-state index contributed by atoms with van der Waals surface area (Å²) in [4.78, 5) is 16.1. The van der Waals surface area contributed by atoms with Gasteiger partial charge in [0.25, 0.3) is 0 Å². The highest BCUT2D eigenvalue weighted by Crippen LogP contribution is 2.31. The highest BCUT2D eigenvalue weighted by Gasteiger charge is 2.16. The van der Waals surface area contributed by atoms with Crippen LogP contribution in [0.1, 0.15) is 16.7 Å². The average Bonchev–Trinajstić information content (AvgIpc) is 2.61.